The third kappa shape index (κ3) is 6.87. The number of methoxy groups -OCH3 is 1. The molecule has 0 aliphatic heterocycles. The Balaban J connectivity index is 2.06. The van der Waals surface area contributed by atoms with Crippen LogP contribution in [-0.2, 0) is 32.0 Å². The van der Waals surface area contributed by atoms with E-state index < -0.39 is 24.0 Å². The molecule has 148 valence electrons. The molecule has 0 fully saturated rings. The van der Waals surface area contributed by atoms with Crippen molar-refractivity contribution >= 4 is 17.8 Å². The van der Waals surface area contributed by atoms with Gasteiger partial charge in [-0.2, -0.15) is 0 Å². The van der Waals surface area contributed by atoms with Crippen LogP contribution < -0.4 is 10.6 Å². The summed E-state index contributed by atoms with van der Waals surface area (Å²) in [6.45, 7) is 1.36. The molecule has 0 aliphatic carbocycles. The fourth-order valence-electron chi connectivity index (χ4n) is 2.92. The molecule has 0 saturated heterocycles. The summed E-state index contributed by atoms with van der Waals surface area (Å²) in [5, 5.41) is 5.40. The van der Waals surface area contributed by atoms with Crippen LogP contribution in [0, 0.1) is 0 Å². The topological polar surface area (TPSA) is 84.5 Å². The van der Waals surface area contributed by atoms with E-state index in [0.717, 1.165) is 11.1 Å². The Bertz CT molecular complexity index is 778. The highest BCUT2D eigenvalue weighted by molar-refractivity contribution is 5.90. The molecule has 2 atom stereocenters. The lowest BCUT2D eigenvalue weighted by molar-refractivity contribution is -0.145. The predicted molar refractivity (Wildman–Crippen MR) is 106 cm³/mol. The molecule has 2 aromatic rings. The highest BCUT2D eigenvalue weighted by Crippen LogP contribution is 2.08. The summed E-state index contributed by atoms with van der Waals surface area (Å²) in [5.41, 5.74) is 1.98. The Morgan fingerprint density at radius 1 is 0.857 bits per heavy atom. The number of rotatable bonds is 9. The molecule has 0 aromatic heterocycles. The zero-order valence-corrected chi connectivity index (χ0v) is 16.2. The van der Waals surface area contributed by atoms with Gasteiger partial charge in [-0.25, -0.2) is 4.79 Å². The van der Waals surface area contributed by atoms with Gasteiger partial charge in [0.1, 0.15) is 12.1 Å². The van der Waals surface area contributed by atoms with Crippen LogP contribution in [-0.4, -0.2) is 37.0 Å². The van der Waals surface area contributed by atoms with E-state index in [-0.39, 0.29) is 5.91 Å². The number of hydrogen-bond donors (Lipinski definition) is 2. The Labute approximate surface area is 165 Å². The van der Waals surface area contributed by atoms with Crippen molar-refractivity contribution in [3.63, 3.8) is 0 Å². The van der Waals surface area contributed by atoms with Gasteiger partial charge in [-0.3, -0.25) is 9.59 Å². The number of amides is 2. The highest BCUT2D eigenvalue weighted by Gasteiger charge is 2.26. The minimum absolute atomic E-state index is 0.310. The Kier molecular flexibility index (Phi) is 8.21. The molecule has 6 heteroatoms. The van der Waals surface area contributed by atoms with Crippen LogP contribution in [0.15, 0.2) is 60.7 Å². The van der Waals surface area contributed by atoms with Crippen molar-refractivity contribution in [3.8, 4) is 0 Å². The molecule has 0 spiro atoms. The van der Waals surface area contributed by atoms with Crippen LogP contribution in [0.4, 0.5) is 0 Å². The van der Waals surface area contributed by atoms with Crippen molar-refractivity contribution in [1.82, 2.24) is 10.6 Å². The van der Waals surface area contributed by atoms with E-state index in [1.807, 2.05) is 60.7 Å². The molecule has 0 unspecified atom stereocenters. The van der Waals surface area contributed by atoms with Gasteiger partial charge >= 0.3 is 5.97 Å². The summed E-state index contributed by atoms with van der Waals surface area (Å²) >= 11 is 0. The SMILES string of the molecule is COC(=O)[C@@H](CCc1ccccc1)NC(=O)[C@H](Cc1ccccc1)NC(C)=O. The first-order chi connectivity index (χ1) is 13.5. The number of benzene rings is 2. The van der Waals surface area contributed by atoms with E-state index in [0.29, 0.717) is 19.3 Å². The van der Waals surface area contributed by atoms with Crippen molar-refractivity contribution in [1.29, 1.82) is 0 Å². The van der Waals surface area contributed by atoms with Crippen LogP contribution in [0.2, 0.25) is 0 Å². The Morgan fingerprint density at radius 2 is 1.43 bits per heavy atom. The number of esters is 1. The molecule has 2 rings (SSSR count). The molecule has 0 bridgehead atoms. The summed E-state index contributed by atoms with van der Waals surface area (Å²) in [4.78, 5) is 36.5. The number of aryl methyl sites for hydroxylation is 1. The van der Waals surface area contributed by atoms with E-state index in [1.54, 1.807) is 0 Å². The summed E-state index contributed by atoms with van der Waals surface area (Å²) in [6, 6.07) is 17.5. The van der Waals surface area contributed by atoms with E-state index in [2.05, 4.69) is 10.6 Å². The average molecular weight is 382 g/mol. The molecule has 2 N–H and O–H groups in total. The van der Waals surface area contributed by atoms with Crippen molar-refractivity contribution in [3.05, 3.63) is 71.8 Å². The predicted octanol–water partition coefficient (Wildman–Crippen LogP) is 2.02. The Morgan fingerprint density at radius 3 is 1.96 bits per heavy atom. The summed E-state index contributed by atoms with van der Waals surface area (Å²) in [5.74, 6) is -1.23. The molecule has 2 amide bonds. The molecular weight excluding hydrogens is 356 g/mol. The maximum absolute atomic E-state index is 12.8. The van der Waals surface area contributed by atoms with Crippen molar-refractivity contribution in [2.75, 3.05) is 7.11 Å². The normalized spacial score (nSPS) is 12.5. The first-order valence-electron chi connectivity index (χ1n) is 9.22. The maximum Gasteiger partial charge on any atom is 0.328 e. The monoisotopic (exact) mass is 382 g/mol. The number of ether oxygens (including phenoxy) is 1. The maximum atomic E-state index is 12.8. The quantitative estimate of drug-likeness (QED) is 0.650. The third-order valence-corrected chi connectivity index (χ3v) is 4.34. The summed E-state index contributed by atoms with van der Waals surface area (Å²) in [7, 11) is 1.29. The van der Waals surface area contributed by atoms with Crippen LogP contribution in [0.5, 0.6) is 0 Å². The number of carbonyl (C=O) groups is 3. The molecular formula is C22H26N2O4. The minimum Gasteiger partial charge on any atom is -0.467 e. The average Bonchev–Trinajstić information content (AvgIpc) is 2.71. The van der Waals surface area contributed by atoms with Gasteiger partial charge in [0, 0.05) is 13.3 Å². The number of carbonyl (C=O) groups excluding carboxylic acids is 3. The lowest BCUT2D eigenvalue weighted by Crippen LogP contribution is -2.52. The van der Waals surface area contributed by atoms with Crippen LogP contribution in [0.25, 0.3) is 0 Å². The molecule has 6 nitrogen and oxygen atoms in total. The van der Waals surface area contributed by atoms with Crippen molar-refractivity contribution in [2.24, 2.45) is 0 Å². The van der Waals surface area contributed by atoms with E-state index >= 15 is 0 Å². The second-order valence-corrected chi connectivity index (χ2v) is 6.55. The molecule has 2 aromatic carbocycles. The van der Waals surface area contributed by atoms with Crippen LogP contribution in [0.3, 0.4) is 0 Å². The number of nitrogens with one attached hydrogen (secondary N) is 2. The van der Waals surface area contributed by atoms with E-state index in [9.17, 15) is 14.4 Å². The molecule has 0 heterocycles. The van der Waals surface area contributed by atoms with Gasteiger partial charge in [0.15, 0.2) is 0 Å². The first kappa shape index (κ1) is 21.2. The first-order valence-corrected chi connectivity index (χ1v) is 9.22. The lowest BCUT2D eigenvalue weighted by atomic mass is 10.0. The van der Waals surface area contributed by atoms with Gasteiger partial charge < -0.3 is 15.4 Å². The smallest absolute Gasteiger partial charge is 0.328 e. The van der Waals surface area contributed by atoms with Gasteiger partial charge in [0.05, 0.1) is 7.11 Å². The van der Waals surface area contributed by atoms with Crippen molar-refractivity contribution in [2.45, 2.75) is 38.3 Å². The molecule has 0 radical (unpaired) electrons. The lowest BCUT2D eigenvalue weighted by Gasteiger charge is -2.22. The van der Waals surface area contributed by atoms with Crippen LogP contribution >= 0.6 is 0 Å². The van der Waals surface area contributed by atoms with Crippen molar-refractivity contribution < 1.29 is 19.1 Å². The molecule has 0 aliphatic rings. The van der Waals surface area contributed by atoms with Gasteiger partial charge in [-0.05, 0) is 24.0 Å². The second-order valence-electron chi connectivity index (χ2n) is 6.55. The minimum atomic E-state index is -0.787. The van der Waals surface area contributed by atoms with E-state index in [1.165, 1.54) is 14.0 Å². The largest absolute Gasteiger partial charge is 0.467 e. The zero-order chi connectivity index (χ0) is 20.4. The highest BCUT2D eigenvalue weighted by atomic mass is 16.5. The van der Waals surface area contributed by atoms with Gasteiger partial charge in [-0.1, -0.05) is 60.7 Å². The number of hydrogen-bond acceptors (Lipinski definition) is 4. The standard InChI is InChI=1S/C22H26N2O4/c1-16(25)23-20(15-18-11-7-4-8-12-18)21(26)24-19(22(27)28-2)14-13-17-9-5-3-6-10-17/h3-12,19-20H,13-15H2,1-2H3,(H,23,25)(H,24,26)/t19-,20+/m1/s1. The van der Waals surface area contributed by atoms with E-state index in [4.69, 9.17) is 4.74 Å². The third-order valence-electron chi connectivity index (χ3n) is 4.34. The summed E-state index contributed by atoms with van der Waals surface area (Å²) in [6.07, 6.45) is 1.35. The molecule has 28 heavy (non-hydrogen) atoms. The van der Waals surface area contributed by atoms with Gasteiger partial charge in [0.2, 0.25) is 11.8 Å². The van der Waals surface area contributed by atoms with Gasteiger partial charge in [0.25, 0.3) is 0 Å². The fraction of sp³-hybridized carbons (Fsp3) is 0.318. The van der Waals surface area contributed by atoms with Gasteiger partial charge in [-0.15, -0.1) is 0 Å². The molecule has 0 saturated carbocycles. The second kappa shape index (κ2) is 10.9. The zero-order valence-electron chi connectivity index (χ0n) is 16.2. The van der Waals surface area contributed by atoms with Crippen LogP contribution in [0.1, 0.15) is 24.5 Å². The Hall–Kier alpha value is -3.15. The summed E-state index contributed by atoms with van der Waals surface area (Å²) < 4.78 is 4.84. The fourth-order valence-corrected chi connectivity index (χ4v) is 2.92.